The molecule has 3 heteroatoms. The van der Waals surface area contributed by atoms with Crippen molar-refractivity contribution in [2.75, 3.05) is 26.2 Å². The lowest BCUT2D eigenvalue weighted by Crippen LogP contribution is -2.41. The van der Waals surface area contributed by atoms with Crippen LogP contribution in [-0.4, -0.2) is 42.0 Å². The first-order valence-corrected chi connectivity index (χ1v) is 7.44. The standard InChI is InChI=1S/C17H27NO2/c1-4-5-11-18(12-13-19)14-17(2,3)16(20)15-9-7-6-8-10-15/h6-10,19H,4-5,11-14H2,1-3H3. The number of hydrogen-bond acceptors (Lipinski definition) is 3. The third-order valence-corrected chi connectivity index (χ3v) is 3.51. The summed E-state index contributed by atoms with van der Waals surface area (Å²) in [6.07, 6.45) is 2.21. The van der Waals surface area contributed by atoms with E-state index in [1.54, 1.807) is 0 Å². The lowest BCUT2D eigenvalue weighted by atomic mass is 9.83. The predicted molar refractivity (Wildman–Crippen MR) is 83.0 cm³/mol. The highest BCUT2D eigenvalue weighted by Gasteiger charge is 2.30. The number of ketones is 1. The van der Waals surface area contributed by atoms with Gasteiger partial charge in [-0.15, -0.1) is 0 Å². The van der Waals surface area contributed by atoms with E-state index in [1.807, 2.05) is 44.2 Å². The fourth-order valence-corrected chi connectivity index (χ4v) is 2.40. The summed E-state index contributed by atoms with van der Waals surface area (Å²) < 4.78 is 0. The summed E-state index contributed by atoms with van der Waals surface area (Å²) in [4.78, 5) is 14.8. The molecule has 0 aliphatic heterocycles. The number of carbonyl (C=O) groups is 1. The van der Waals surface area contributed by atoms with Crippen LogP contribution in [0.2, 0.25) is 0 Å². The molecule has 0 amide bonds. The van der Waals surface area contributed by atoms with Crippen molar-refractivity contribution >= 4 is 5.78 Å². The molecule has 0 aliphatic carbocycles. The van der Waals surface area contributed by atoms with Gasteiger partial charge in [0.25, 0.3) is 0 Å². The van der Waals surface area contributed by atoms with Crippen molar-refractivity contribution in [2.24, 2.45) is 5.41 Å². The lowest BCUT2D eigenvalue weighted by Gasteiger charge is -2.31. The number of rotatable bonds is 9. The van der Waals surface area contributed by atoms with E-state index in [-0.39, 0.29) is 12.4 Å². The summed E-state index contributed by atoms with van der Waals surface area (Å²) in [5.41, 5.74) is 0.321. The molecule has 0 atom stereocenters. The van der Waals surface area contributed by atoms with Crippen LogP contribution in [-0.2, 0) is 0 Å². The maximum atomic E-state index is 12.6. The molecule has 0 aliphatic rings. The van der Waals surface area contributed by atoms with Crippen molar-refractivity contribution in [3.05, 3.63) is 35.9 Å². The van der Waals surface area contributed by atoms with E-state index >= 15 is 0 Å². The molecule has 0 bridgehead atoms. The van der Waals surface area contributed by atoms with Gasteiger partial charge in [0, 0.05) is 24.1 Å². The molecule has 1 aromatic rings. The van der Waals surface area contributed by atoms with Crippen molar-refractivity contribution in [2.45, 2.75) is 33.6 Å². The number of aliphatic hydroxyl groups excluding tert-OH is 1. The fraction of sp³-hybridized carbons (Fsp3) is 0.588. The summed E-state index contributed by atoms with van der Waals surface area (Å²) in [7, 11) is 0. The van der Waals surface area contributed by atoms with Gasteiger partial charge in [-0.05, 0) is 13.0 Å². The summed E-state index contributed by atoms with van der Waals surface area (Å²) in [5, 5.41) is 9.16. The van der Waals surface area contributed by atoms with E-state index in [4.69, 9.17) is 5.11 Å². The van der Waals surface area contributed by atoms with Crippen LogP contribution in [0.15, 0.2) is 30.3 Å². The molecule has 20 heavy (non-hydrogen) atoms. The molecule has 0 saturated carbocycles. The second kappa shape index (κ2) is 8.18. The molecule has 112 valence electrons. The molecule has 1 rings (SSSR count). The smallest absolute Gasteiger partial charge is 0.169 e. The number of unbranched alkanes of at least 4 members (excludes halogenated alkanes) is 1. The van der Waals surface area contributed by atoms with E-state index in [9.17, 15) is 4.79 Å². The second-order valence-corrected chi connectivity index (χ2v) is 5.93. The van der Waals surface area contributed by atoms with E-state index in [0.717, 1.165) is 24.9 Å². The molecule has 0 heterocycles. The summed E-state index contributed by atoms with van der Waals surface area (Å²) in [6, 6.07) is 9.44. The van der Waals surface area contributed by atoms with Crippen molar-refractivity contribution < 1.29 is 9.90 Å². The van der Waals surface area contributed by atoms with Crippen LogP contribution in [0.25, 0.3) is 0 Å². The number of Topliss-reactive ketones (excluding diaryl/α,β-unsaturated/α-hetero) is 1. The Labute approximate surface area is 122 Å². The topological polar surface area (TPSA) is 40.5 Å². The Morgan fingerprint density at radius 2 is 1.85 bits per heavy atom. The van der Waals surface area contributed by atoms with Crippen LogP contribution < -0.4 is 0 Å². The van der Waals surface area contributed by atoms with Gasteiger partial charge < -0.3 is 10.0 Å². The van der Waals surface area contributed by atoms with E-state index in [2.05, 4.69) is 11.8 Å². The Bertz CT molecular complexity index is 401. The minimum Gasteiger partial charge on any atom is -0.395 e. The van der Waals surface area contributed by atoms with Crippen molar-refractivity contribution in [1.82, 2.24) is 4.90 Å². The van der Waals surface area contributed by atoms with Crippen LogP contribution in [0.3, 0.4) is 0 Å². The SMILES string of the molecule is CCCCN(CCO)CC(C)(C)C(=O)c1ccccc1. The quantitative estimate of drug-likeness (QED) is 0.705. The monoisotopic (exact) mass is 277 g/mol. The van der Waals surface area contributed by atoms with Crippen LogP contribution in [0.5, 0.6) is 0 Å². The van der Waals surface area contributed by atoms with Gasteiger partial charge in [0.05, 0.1) is 6.61 Å². The van der Waals surface area contributed by atoms with Crippen molar-refractivity contribution in [1.29, 1.82) is 0 Å². The predicted octanol–water partition coefficient (Wildman–Crippen LogP) is 2.99. The molecule has 1 N–H and O–H groups in total. The molecule has 1 aromatic carbocycles. The first kappa shape index (κ1) is 16.9. The molecule has 0 radical (unpaired) electrons. The minimum absolute atomic E-state index is 0.138. The molecule has 0 unspecified atom stereocenters. The molecule has 0 fully saturated rings. The molecular weight excluding hydrogens is 250 g/mol. The number of carbonyl (C=O) groups excluding carboxylic acids is 1. The number of nitrogens with zero attached hydrogens (tertiary/aromatic N) is 1. The minimum atomic E-state index is -0.440. The summed E-state index contributed by atoms with van der Waals surface area (Å²) >= 11 is 0. The zero-order chi connectivity index (χ0) is 15.0. The van der Waals surface area contributed by atoms with Gasteiger partial charge in [0.2, 0.25) is 0 Å². The third kappa shape index (κ3) is 5.06. The zero-order valence-electron chi connectivity index (χ0n) is 12.9. The molecule has 3 nitrogen and oxygen atoms in total. The van der Waals surface area contributed by atoms with Crippen LogP contribution in [0.1, 0.15) is 44.0 Å². The number of hydrogen-bond donors (Lipinski definition) is 1. The van der Waals surface area contributed by atoms with Crippen LogP contribution in [0.4, 0.5) is 0 Å². The number of aliphatic hydroxyl groups is 1. The average Bonchev–Trinajstić information content (AvgIpc) is 2.45. The highest BCUT2D eigenvalue weighted by molar-refractivity contribution is 6.00. The maximum absolute atomic E-state index is 12.6. The van der Waals surface area contributed by atoms with Gasteiger partial charge in [-0.25, -0.2) is 0 Å². The van der Waals surface area contributed by atoms with Crippen molar-refractivity contribution in [3.63, 3.8) is 0 Å². The summed E-state index contributed by atoms with van der Waals surface area (Å²) in [5.74, 6) is 0.164. The molecule has 0 spiro atoms. The van der Waals surface area contributed by atoms with E-state index in [1.165, 1.54) is 0 Å². The first-order chi connectivity index (χ1) is 9.51. The Morgan fingerprint density at radius 1 is 1.20 bits per heavy atom. The Kier molecular flexibility index (Phi) is 6.89. The Morgan fingerprint density at radius 3 is 2.40 bits per heavy atom. The summed E-state index contributed by atoms with van der Waals surface area (Å²) in [6.45, 7) is 8.50. The highest BCUT2D eigenvalue weighted by Crippen LogP contribution is 2.23. The zero-order valence-corrected chi connectivity index (χ0v) is 12.9. The fourth-order valence-electron chi connectivity index (χ4n) is 2.40. The first-order valence-electron chi connectivity index (χ1n) is 7.44. The Balaban J connectivity index is 2.73. The van der Waals surface area contributed by atoms with Gasteiger partial charge in [-0.1, -0.05) is 57.5 Å². The maximum Gasteiger partial charge on any atom is 0.169 e. The highest BCUT2D eigenvalue weighted by atomic mass is 16.3. The van der Waals surface area contributed by atoms with E-state index < -0.39 is 5.41 Å². The lowest BCUT2D eigenvalue weighted by molar-refractivity contribution is 0.0741. The van der Waals surface area contributed by atoms with Gasteiger partial charge in [-0.3, -0.25) is 4.79 Å². The molecule has 0 aromatic heterocycles. The van der Waals surface area contributed by atoms with Crippen LogP contribution in [0, 0.1) is 5.41 Å². The van der Waals surface area contributed by atoms with Gasteiger partial charge in [-0.2, -0.15) is 0 Å². The van der Waals surface area contributed by atoms with E-state index in [0.29, 0.717) is 13.1 Å². The number of benzene rings is 1. The van der Waals surface area contributed by atoms with Gasteiger partial charge in [0.15, 0.2) is 5.78 Å². The third-order valence-electron chi connectivity index (χ3n) is 3.51. The normalized spacial score (nSPS) is 11.8. The van der Waals surface area contributed by atoms with Gasteiger partial charge >= 0.3 is 0 Å². The Hall–Kier alpha value is -1.19. The molecular formula is C17H27NO2. The largest absolute Gasteiger partial charge is 0.395 e. The molecule has 0 saturated heterocycles. The van der Waals surface area contributed by atoms with Crippen LogP contribution >= 0.6 is 0 Å². The second-order valence-electron chi connectivity index (χ2n) is 5.93. The van der Waals surface area contributed by atoms with Crippen molar-refractivity contribution in [3.8, 4) is 0 Å². The average molecular weight is 277 g/mol. The van der Waals surface area contributed by atoms with Gasteiger partial charge in [0.1, 0.15) is 0 Å².